The van der Waals surface area contributed by atoms with E-state index in [-0.39, 0.29) is 5.69 Å². The molecule has 0 aliphatic carbocycles. The first-order valence-corrected chi connectivity index (χ1v) is 7.14. The zero-order chi connectivity index (χ0) is 15.0. The highest BCUT2D eigenvalue weighted by Crippen LogP contribution is 2.28. The summed E-state index contributed by atoms with van der Waals surface area (Å²) in [6.45, 7) is 4.95. The van der Waals surface area contributed by atoms with Crippen LogP contribution >= 0.6 is 0 Å². The molecule has 110 valence electrons. The summed E-state index contributed by atoms with van der Waals surface area (Å²) in [5, 5.41) is 10.3. The van der Waals surface area contributed by atoms with Crippen LogP contribution in [0, 0.1) is 0 Å². The molecule has 0 spiro atoms. The molecule has 5 heteroatoms. The number of carboxylic acid groups (broad SMARTS) is 1. The smallest absolute Gasteiger partial charge is 0.354 e. The quantitative estimate of drug-likeness (QED) is 0.915. The zero-order valence-corrected chi connectivity index (χ0v) is 12.3. The van der Waals surface area contributed by atoms with Crippen LogP contribution in [0.15, 0.2) is 30.3 Å². The van der Waals surface area contributed by atoms with Gasteiger partial charge >= 0.3 is 5.97 Å². The maximum atomic E-state index is 11.3. The van der Waals surface area contributed by atoms with Crippen molar-refractivity contribution < 1.29 is 9.90 Å². The van der Waals surface area contributed by atoms with E-state index in [0.29, 0.717) is 6.04 Å². The fraction of sp³-hybridized carbons (Fsp3) is 0.375. The first-order valence-electron chi connectivity index (χ1n) is 7.14. The summed E-state index contributed by atoms with van der Waals surface area (Å²) in [4.78, 5) is 20.1. The predicted octanol–water partition coefficient (Wildman–Crippen LogP) is 2.07. The van der Waals surface area contributed by atoms with Crippen LogP contribution in [-0.2, 0) is 0 Å². The van der Waals surface area contributed by atoms with E-state index in [1.54, 1.807) is 6.07 Å². The molecule has 1 aromatic heterocycles. The molecule has 1 atom stereocenters. The van der Waals surface area contributed by atoms with Crippen molar-refractivity contribution in [1.29, 1.82) is 0 Å². The van der Waals surface area contributed by atoms with Gasteiger partial charge in [0.1, 0.15) is 0 Å². The molecule has 5 nitrogen and oxygen atoms in total. The van der Waals surface area contributed by atoms with Crippen molar-refractivity contribution in [1.82, 2.24) is 9.88 Å². The van der Waals surface area contributed by atoms with Crippen LogP contribution in [0.2, 0.25) is 0 Å². The minimum atomic E-state index is -0.982. The molecule has 1 aliphatic rings. The second-order valence-corrected chi connectivity index (χ2v) is 5.62. The van der Waals surface area contributed by atoms with Gasteiger partial charge in [-0.15, -0.1) is 0 Å². The molecule has 2 heterocycles. The second kappa shape index (κ2) is 5.33. The molecular formula is C16H19N3O2. The van der Waals surface area contributed by atoms with Crippen molar-refractivity contribution in [3.63, 3.8) is 0 Å². The van der Waals surface area contributed by atoms with Crippen LogP contribution in [0.3, 0.4) is 0 Å². The molecule has 1 N–H and O–H groups in total. The Kier molecular flexibility index (Phi) is 3.51. The van der Waals surface area contributed by atoms with E-state index in [0.717, 1.165) is 36.2 Å². The molecule has 2 aromatic rings. The Morgan fingerprint density at radius 1 is 1.33 bits per heavy atom. The maximum Gasteiger partial charge on any atom is 0.354 e. The molecule has 1 fully saturated rings. The van der Waals surface area contributed by atoms with Crippen LogP contribution in [-0.4, -0.2) is 53.7 Å². The van der Waals surface area contributed by atoms with Crippen LogP contribution in [0.4, 0.5) is 5.69 Å². The number of pyridine rings is 1. The lowest BCUT2D eigenvalue weighted by molar-refractivity contribution is 0.0691. The topological polar surface area (TPSA) is 56.7 Å². The fourth-order valence-electron chi connectivity index (χ4n) is 2.80. The monoisotopic (exact) mass is 285 g/mol. The van der Waals surface area contributed by atoms with E-state index in [2.05, 4.69) is 28.8 Å². The molecule has 1 aromatic carbocycles. The highest BCUT2D eigenvalue weighted by Gasteiger charge is 2.23. The first-order chi connectivity index (χ1) is 10.1. The van der Waals surface area contributed by atoms with Gasteiger partial charge in [-0.25, -0.2) is 9.78 Å². The minimum Gasteiger partial charge on any atom is -0.477 e. The van der Waals surface area contributed by atoms with E-state index in [4.69, 9.17) is 0 Å². The standard InChI is InChI=1S/C16H19N3O2/c1-11-10-19(8-7-18(11)2)15-9-14(16(20)21)17-13-6-4-3-5-12(13)15/h3-6,9,11H,7-8,10H2,1-2H3,(H,20,21). The van der Waals surface area contributed by atoms with Crippen LogP contribution in [0.25, 0.3) is 10.9 Å². The molecular weight excluding hydrogens is 266 g/mol. The molecule has 21 heavy (non-hydrogen) atoms. The second-order valence-electron chi connectivity index (χ2n) is 5.62. The Morgan fingerprint density at radius 2 is 2.10 bits per heavy atom. The normalized spacial score (nSPS) is 19.9. The number of fused-ring (bicyclic) bond motifs is 1. The van der Waals surface area contributed by atoms with Crippen LogP contribution in [0.5, 0.6) is 0 Å². The Bertz CT molecular complexity index is 686. The van der Waals surface area contributed by atoms with Gasteiger partial charge in [-0.1, -0.05) is 18.2 Å². The molecule has 1 saturated heterocycles. The molecule has 3 rings (SSSR count). The van der Waals surface area contributed by atoms with Crippen molar-refractivity contribution in [2.75, 3.05) is 31.6 Å². The summed E-state index contributed by atoms with van der Waals surface area (Å²) < 4.78 is 0. The molecule has 0 bridgehead atoms. The molecule has 0 saturated carbocycles. The lowest BCUT2D eigenvalue weighted by Crippen LogP contribution is -2.50. The summed E-state index contributed by atoms with van der Waals surface area (Å²) in [5.74, 6) is -0.982. The van der Waals surface area contributed by atoms with Gasteiger partial charge in [-0.3, -0.25) is 0 Å². The fourth-order valence-corrected chi connectivity index (χ4v) is 2.80. The first kappa shape index (κ1) is 13.8. The van der Waals surface area contributed by atoms with Crippen molar-refractivity contribution in [3.8, 4) is 0 Å². The van der Waals surface area contributed by atoms with Crippen molar-refractivity contribution >= 4 is 22.6 Å². The van der Waals surface area contributed by atoms with Gasteiger partial charge in [-0.2, -0.15) is 0 Å². The average Bonchev–Trinajstić information content (AvgIpc) is 2.49. The number of piperazine rings is 1. The van der Waals surface area contributed by atoms with E-state index in [9.17, 15) is 9.90 Å². The number of aromatic nitrogens is 1. The number of para-hydroxylation sites is 1. The number of nitrogens with zero attached hydrogens (tertiary/aromatic N) is 3. The maximum absolute atomic E-state index is 11.3. The van der Waals surface area contributed by atoms with Gasteiger partial charge < -0.3 is 14.9 Å². The highest BCUT2D eigenvalue weighted by molar-refractivity contribution is 5.97. The number of benzene rings is 1. The number of hydrogen-bond acceptors (Lipinski definition) is 4. The Morgan fingerprint density at radius 3 is 2.81 bits per heavy atom. The molecule has 0 radical (unpaired) electrons. The number of anilines is 1. The molecule has 0 amide bonds. The van der Waals surface area contributed by atoms with E-state index >= 15 is 0 Å². The third-order valence-corrected chi connectivity index (χ3v) is 4.21. The number of hydrogen-bond donors (Lipinski definition) is 1. The van der Waals surface area contributed by atoms with E-state index in [1.807, 2.05) is 24.3 Å². The number of rotatable bonds is 2. The number of aromatic carboxylic acids is 1. The summed E-state index contributed by atoms with van der Waals surface area (Å²) >= 11 is 0. The van der Waals surface area contributed by atoms with E-state index in [1.165, 1.54) is 0 Å². The largest absolute Gasteiger partial charge is 0.477 e. The van der Waals surface area contributed by atoms with Gasteiger partial charge in [-0.05, 0) is 26.1 Å². The number of carboxylic acids is 1. The SMILES string of the molecule is CC1CN(c2cc(C(=O)O)nc3ccccc23)CCN1C. The van der Waals surface area contributed by atoms with Gasteiger partial charge in [0.15, 0.2) is 5.69 Å². The average molecular weight is 285 g/mol. The minimum absolute atomic E-state index is 0.107. The van der Waals surface area contributed by atoms with Gasteiger partial charge in [0, 0.05) is 36.7 Å². The van der Waals surface area contributed by atoms with Crippen LogP contribution in [0.1, 0.15) is 17.4 Å². The van der Waals surface area contributed by atoms with E-state index < -0.39 is 5.97 Å². The summed E-state index contributed by atoms with van der Waals surface area (Å²) in [7, 11) is 2.12. The Labute approximate surface area is 123 Å². The highest BCUT2D eigenvalue weighted by atomic mass is 16.4. The summed E-state index contributed by atoms with van der Waals surface area (Å²) in [5.41, 5.74) is 1.81. The van der Waals surface area contributed by atoms with Gasteiger partial charge in [0.05, 0.1) is 5.52 Å². The predicted molar refractivity (Wildman–Crippen MR) is 83.0 cm³/mol. The number of likely N-dealkylation sites (N-methyl/N-ethyl adjacent to an activating group) is 1. The zero-order valence-electron chi connectivity index (χ0n) is 12.3. The van der Waals surface area contributed by atoms with Crippen molar-refractivity contribution in [2.45, 2.75) is 13.0 Å². The molecule has 1 unspecified atom stereocenters. The van der Waals surface area contributed by atoms with Crippen molar-refractivity contribution in [2.24, 2.45) is 0 Å². The Hall–Kier alpha value is -2.14. The lowest BCUT2D eigenvalue weighted by atomic mass is 10.1. The van der Waals surface area contributed by atoms with Crippen LogP contribution < -0.4 is 4.90 Å². The lowest BCUT2D eigenvalue weighted by Gasteiger charge is -2.39. The van der Waals surface area contributed by atoms with Crippen molar-refractivity contribution in [3.05, 3.63) is 36.0 Å². The molecule has 1 aliphatic heterocycles. The summed E-state index contributed by atoms with van der Waals surface area (Å²) in [6, 6.07) is 9.86. The Balaban J connectivity index is 2.10. The van der Waals surface area contributed by atoms with Gasteiger partial charge in [0.25, 0.3) is 0 Å². The number of carbonyl (C=O) groups is 1. The third kappa shape index (κ3) is 2.56. The third-order valence-electron chi connectivity index (χ3n) is 4.21. The summed E-state index contributed by atoms with van der Waals surface area (Å²) in [6.07, 6.45) is 0. The van der Waals surface area contributed by atoms with Gasteiger partial charge in [0.2, 0.25) is 0 Å².